The third-order valence-corrected chi connectivity index (χ3v) is 2.31. The Hall–Kier alpha value is -0.290. The molecule has 0 bridgehead atoms. The van der Waals surface area contributed by atoms with Crippen LogP contribution in [0.15, 0.2) is 0 Å². The van der Waals surface area contributed by atoms with Crippen LogP contribution in [0.5, 0.6) is 0 Å². The standard InChI is InChI=1S/C11H23F3N2/c1-9(6-5-7-11(12,13)14)15-10(2)8-16(3)4/h9-10,15H,5-8H2,1-4H3. The molecule has 0 aromatic heterocycles. The minimum atomic E-state index is -4.02. The predicted molar refractivity (Wildman–Crippen MR) is 60.5 cm³/mol. The third-order valence-electron chi connectivity index (χ3n) is 2.31. The van der Waals surface area contributed by atoms with E-state index in [4.69, 9.17) is 0 Å². The van der Waals surface area contributed by atoms with Gasteiger partial charge in [-0.3, -0.25) is 0 Å². The molecule has 0 aromatic rings. The fraction of sp³-hybridized carbons (Fsp3) is 1.00. The van der Waals surface area contributed by atoms with Crippen LogP contribution in [0.3, 0.4) is 0 Å². The number of rotatable bonds is 7. The Morgan fingerprint density at radius 3 is 2.12 bits per heavy atom. The van der Waals surface area contributed by atoms with Crippen molar-refractivity contribution in [2.24, 2.45) is 0 Å². The molecule has 2 nitrogen and oxygen atoms in total. The summed E-state index contributed by atoms with van der Waals surface area (Å²) in [5.74, 6) is 0. The number of likely N-dealkylation sites (N-methyl/N-ethyl adjacent to an activating group) is 1. The molecule has 0 amide bonds. The van der Waals surface area contributed by atoms with Crippen molar-refractivity contribution in [1.82, 2.24) is 10.2 Å². The average molecular weight is 240 g/mol. The number of nitrogens with zero attached hydrogens (tertiary/aromatic N) is 1. The molecule has 0 rings (SSSR count). The molecule has 0 radical (unpaired) electrons. The lowest BCUT2D eigenvalue weighted by Crippen LogP contribution is -2.40. The molecule has 16 heavy (non-hydrogen) atoms. The highest BCUT2D eigenvalue weighted by Crippen LogP contribution is 2.22. The third kappa shape index (κ3) is 10.2. The molecule has 5 heteroatoms. The molecule has 0 spiro atoms. The molecule has 0 fully saturated rings. The Bertz CT molecular complexity index is 181. The van der Waals surface area contributed by atoms with Crippen molar-refractivity contribution in [3.8, 4) is 0 Å². The van der Waals surface area contributed by atoms with Gasteiger partial charge in [-0.15, -0.1) is 0 Å². The van der Waals surface area contributed by atoms with E-state index >= 15 is 0 Å². The Morgan fingerprint density at radius 1 is 1.12 bits per heavy atom. The van der Waals surface area contributed by atoms with Crippen LogP contribution in [0.1, 0.15) is 33.1 Å². The number of nitrogens with one attached hydrogen (secondary N) is 1. The first-order chi connectivity index (χ1) is 7.20. The van der Waals surface area contributed by atoms with Gasteiger partial charge in [0.05, 0.1) is 0 Å². The van der Waals surface area contributed by atoms with Gasteiger partial charge in [0, 0.05) is 25.0 Å². The van der Waals surface area contributed by atoms with E-state index < -0.39 is 12.6 Å². The molecular formula is C11H23F3N2. The maximum atomic E-state index is 11.9. The van der Waals surface area contributed by atoms with E-state index in [1.165, 1.54) is 0 Å². The molecule has 98 valence electrons. The summed E-state index contributed by atoms with van der Waals surface area (Å²) >= 11 is 0. The topological polar surface area (TPSA) is 15.3 Å². The quantitative estimate of drug-likeness (QED) is 0.736. The second-order valence-corrected chi connectivity index (χ2v) is 4.74. The first kappa shape index (κ1) is 15.7. The van der Waals surface area contributed by atoms with Gasteiger partial charge < -0.3 is 10.2 Å². The van der Waals surface area contributed by atoms with Crippen LogP contribution in [0.2, 0.25) is 0 Å². The van der Waals surface area contributed by atoms with Crippen molar-refractivity contribution in [3.05, 3.63) is 0 Å². The highest BCUT2D eigenvalue weighted by molar-refractivity contribution is 4.69. The molecule has 0 aliphatic carbocycles. The van der Waals surface area contributed by atoms with Crippen LogP contribution in [0.25, 0.3) is 0 Å². The second kappa shape index (κ2) is 7.12. The summed E-state index contributed by atoms with van der Waals surface area (Å²) in [6.45, 7) is 4.87. The van der Waals surface area contributed by atoms with Gasteiger partial charge in [0.25, 0.3) is 0 Å². The van der Waals surface area contributed by atoms with Crippen molar-refractivity contribution in [2.75, 3.05) is 20.6 Å². The molecule has 0 aromatic carbocycles. The summed E-state index contributed by atoms with van der Waals surface area (Å²) in [4.78, 5) is 2.06. The van der Waals surface area contributed by atoms with Gasteiger partial charge in [-0.1, -0.05) is 0 Å². The van der Waals surface area contributed by atoms with E-state index in [1.807, 2.05) is 27.9 Å². The highest BCUT2D eigenvalue weighted by Gasteiger charge is 2.26. The maximum absolute atomic E-state index is 11.9. The summed E-state index contributed by atoms with van der Waals surface area (Å²) in [7, 11) is 3.96. The fourth-order valence-corrected chi connectivity index (χ4v) is 1.78. The van der Waals surface area contributed by atoms with Gasteiger partial charge in [0.1, 0.15) is 0 Å². The summed E-state index contributed by atoms with van der Waals surface area (Å²) in [5, 5.41) is 3.29. The highest BCUT2D eigenvalue weighted by atomic mass is 19.4. The Kier molecular flexibility index (Phi) is 6.99. The van der Waals surface area contributed by atoms with Gasteiger partial charge in [-0.2, -0.15) is 13.2 Å². The Balaban J connectivity index is 3.62. The Morgan fingerprint density at radius 2 is 1.69 bits per heavy atom. The minimum absolute atomic E-state index is 0.136. The summed E-state index contributed by atoms with van der Waals surface area (Å²) in [6, 6.07) is 0.438. The van der Waals surface area contributed by atoms with Crippen LogP contribution in [-0.2, 0) is 0 Å². The van der Waals surface area contributed by atoms with Gasteiger partial charge in [-0.25, -0.2) is 0 Å². The lowest BCUT2D eigenvalue weighted by Gasteiger charge is -2.22. The van der Waals surface area contributed by atoms with Crippen LogP contribution >= 0.6 is 0 Å². The van der Waals surface area contributed by atoms with Crippen LogP contribution in [0.4, 0.5) is 13.2 Å². The van der Waals surface area contributed by atoms with Gasteiger partial charge in [-0.05, 0) is 40.8 Å². The fourth-order valence-electron chi connectivity index (χ4n) is 1.78. The number of halogens is 3. The van der Waals surface area contributed by atoms with E-state index in [1.54, 1.807) is 0 Å². The summed E-state index contributed by atoms with van der Waals surface area (Å²) < 4.78 is 35.7. The van der Waals surface area contributed by atoms with Crippen molar-refractivity contribution >= 4 is 0 Å². The van der Waals surface area contributed by atoms with Crippen molar-refractivity contribution in [2.45, 2.75) is 51.4 Å². The van der Waals surface area contributed by atoms with Crippen LogP contribution in [0, 0.1) is 0 Å². The first-order valence-corrected chi connectivity index (χ1v) is 5.68. The van der Waals surface area contributed by atoms with Gasteiger partial charge >= 0.3 is 6.18 Å². The average Bonchev–Trinajstić information content (AvgIpc) is 1.98. The number of hydrogen-bond donors (Lipinski definition) is 1. The van der Waals surface area contributed by atoms with Crippen LogP contribution < -0.4 is 5.32 Å². The first-order valence-electron chi connectivity index (χ1n) is 5.68. The minimum Gasteiger partial charge on any atom is -0.311 e. The van der Waals surface area contributed by atoms with Gasteiger partial charge in [0.15, 0.2) is 0 Å². The van der Waals surface area contributed by atoms with Crippen molar-refractivity contribution < 1.29 is 13.2 Å². The monoisotopic (exact) mass is 240 g/mol. The Labute approximate surface area is 96.2 Å². The van der Waals surface area contributed by atoms with Crippen molar-refractivity contribution in [1.29, 1.82) is 0 Å². The number of alkyl halides is 3. The molecule has 2 unspecified atom stereocenters. The summed E-state index contributed by atoms with van der Waals surface area (Å²) in [5.41, 5.74) is 0. The largest absolute Gasteiger partial charge is 0.389 e. The molecule has 0 aliphatic heterocycles. The van der Waals surface area contributed by atoms with Crippen molar-refractivity contribution in [3.63, 3.8) is 0 Å². The van der Waals surface area contributed by atoms with E-state index in [2.05, 4.69) is 10.2 Å². The number of hydrogen-bond acceptors (Lipinski definition) is 2. The van der Waals surface area contributed by atoms with E-state index in [0.717, 1.165) is 6.54 Å². The molecule has 0 aliphatic rings. The lowest BCUT2D eigenvalue weighted by molar-refractivity contribution is -0.135. The van der Waals surface area contributed by atoms with Gasteiger partial charge in [0.2, 0.25) is 0 Å². The van der Waals surface area contributed by atoms with E-state index in [0.29, 0.717) is 12.5 Å². The molecule has 1 N–H and O–H groups in total. The predicted octanol–water partition coefficient (Wildman–Crippen LogP) is 2.65. The lowest BCUT2D eigenvalue weighted by atomic mass is 10.1. The smallest absolute Gasteiger partial charge is 0.311 e. The van der Waals surface area contributed by atoms with E-state index in [-0.39, 0.29) is 12.5 Å². The molecule has 0 saturated carbocycles. The zero-order valence-electron chi connectivity index (χ0n) is 10.6. The molecular weight excluding hydrogens is 217 g/mol. The zero-order chi connectivity index (χ0) is 12.8. The molecule has 2 atom stereocenters. The maximum Gasteiger partial charge on any atom is 0.389 e. The van der Waals surface area contributed by atoms with Crippen LogP contribution in [-0.4, -0.2) is 43.8 Å². The van der Waals surface area contributed by atoms with E-state index in [9.17, 15) is 13.2 Å². The normalized spacial score (nSPS) is 16.5. The molecule has 0 heterocycles. The molecule has 0 saturated heterocycles. The SMILES string of the molecule is CC(CCCC(F)(F)F)NC(C)CN(C)C. The second-order valence-electron chi connectivity index (χ2n) is 4.74. The summed E-state index contributed by atoms with van der Waals surface area (Å²) in [6.07, 6.45) is -3.93. The zero-order valence-corrected chi connectivity index (χ0v) is 10.6.